The highest BCUT2D eigenvalue weighted by atomic mass is 16.5. The Hall–Kier alpha value is -0.0800. The van der Waals surface area contributed by atoms with Crippen molar-refractivity contribution < 1.29 is 9.47 Å². The van der Waals surface area contributed by atoms with E-state index in [4.69, 9.17) is 9.47 Å². The molecule has 0 spiro atoms. The SMILES string of the molecule is CO[C@H](C)[C@H]1CCOC1. The highest BCUT2D eigenvalue weighted by Crippen LogP contribution is 2.17. The molecule has 1 fully saturated rings. The molecule has 0 N–H and O–H groups in total. The van der Waals surface area contributed by atoms with E-state index in [0.717, 1.165) is 19.6 Å². The van der Waals surface area contributed by atoms with Crippen molar-refractivity contribution in [2.24, 2.45) is 5.92 Å². The van der Waals surface area contributed by atoms with Crippen LogP contribution in [0, 0.1) is 5.92 Å². The molecule has 1 aliphatic rings. The average Bonchev–Trinajstić information content (AvgIpc) is 2.37. The van der Waals surface area contributed by atoms with Gasteiger partial charge < -0.3 is 9.47 Å². The molecule has 1 saturated heterocycles. The fourth-order valence-corrected chi connectivity index (χ4v) is 1.12. The summed E-state index contributed by atoms with van der Waals surface area (Å²) in [6, 6.07) is 0. The van der Waals surface area contributed by atoms with Crippen LogP contribution in [0.25, 0.3) is 0 Å². The standard InChI is InChI=1S/C7H14O2/c1-6(8-2)7-3-4-9-5-7/h6-7H,3-5H2,1-2H3/t6-,7+/m1/s1. The van der Waals surface area contributed by atoms with Gasteiger partial charge in [0.25, 0.3) is 0 Å². The second-order valence-corrected chi connectivity index (χ2v) is 2.56. The maximum Gasteiger partial charge on any atom is 0.0594 e. The number of ether oxygens (including phenoxy) is 2. The molecule has 0 bridgehead atoms. The fourth-order valence-electron chi connectivity index (χ4n) is 1.12. The Balaban J connectivity index is 2.24. The molecule has 0 aliphatic carbocycles. The predicted octanol–water partition coefficient (Wildman–Crippen LogP) is 1.06. The fraction of sp³-hybridized carbons (Fsp3) is 1.00. The molecule has 1 rings (SSSR count). The van der Waals surface area contributed by atoms with Gasteiger partial charge in [-0.2, -0.15) is 0 Å². The molecule has 1 heterocycles. The molecule has 0 aromatic rings. The smallest absolute Gasteiger partial charge is 0.0594 e. The predicted molar refractivity (Wildman–Crippen MR) is 35.4 cm³/mol. The summed E-state index contributed by atoms with van der Waals surface area (Å²) in [4.78, 5) is 0. The highest BCUT2D eigenvalue weighted by molar-refractivity contribution is 4.69. The van der Waals surface area contributed by atoms with Crippen molar-refractivity contribution in [3.05, 3.63) is 0 Å². The van der Waals surface area contributed by atoms with E-state index in [1.54, 1.807) is 7.11 Å². The van der Waals surface area contributed by atoms with Gasteiger partial charge in [0.2, 0.25) is 0 Å². The molecule has 0 unspecified atom stereocenters. The summed E-state index contributed by atoms with van der Waals surface area (Å²) in [7, 11) is 1.75. The van der Waals surface area contributed by atoms with Crippen LogP contribution in [0.5, 0.6) is 0 Å². The van der Waals surface area contributed by atoms with Crippen LogP contribution in [0.15, 0.2) is 0 Å². The summed E-state index contributed by atoms with van der Waals surface area (Å²) in [6.45, 7) is 3.90. The van der Waals surface area contributed by atoms with Crippen molar-refractivity contribution in [3.63, 3.8) is 0 Å². The molecular weight excluding hydrogens is 116 g/mol. The third kappa shape index (κ3) is 1.66. The second-order valence-electron chi connectivity index (χ2n) is 2.56. The lowest BCUT2D eigenvalue weighted by Gasteiger charge is -2.14. The minimum absolute atomic E-state index is 0.368. The zero-order valence-electron chi connectivity index (χ0n) is 6.09. The Morgan fingerprint density at radius 2 is 2.44 bits per heavy atom. The van der Waals surface area contributed by atoms with Gasteiger partial charge in [0.1, 0.15) is 0 Å². The molecule has 54 valence electrons. The number of hydrogen-bond donors (Lipinski definition) is 0. The summed E-state index contributed by atoms with van der Waals surface area (Å²) >= 11 is 0. The summed E-state index contributed by atoms with van der Waals surface area (Å²) in [5.74, 6) is 0.634. The molecule has 2 heteroatoms. The molecule has 1 aliphatic heterocycles. The van der Waals surface area contributed by atoms with Gasteiger partial charge in [-0.15, -0.1) is 0 Å². The van der Waals surface area contributed by atoms with Crippen molar-refractivity contribution in [2.45, 2.75) is 19.4 Å². The van der Waals surface area contributed by atoms with Crippen molar-refractivity contribution in [3.8, 4) is 0 Å². The molecule has 2 nitrogen and oxygen atoms in total. The topological polar surface area (TPSA) is 18.5 Å². The number of hydrogen-bond acceptors (Lipinski definition) is 2. The van der Waals surface area contributed by atoms with E-state index in [2.05, 4.69) is 6.92 Å². The van der Waals surface area contributed by atoms with Crippen molar-refractivity contribution >= 4 is 0 Å². The maximum atomic E-state index is 5.20. The molecule has 0 aromatic carbocycles. The Morgan fingerprint density at radius 1 is 1.67 bits per heavy atom. The van der Waals surface area contributed by atoms with E-state index in [1.165, 1.54) is 0 Å². The first-order chi connectivity index (χ1) is 4.34. The first-order valence-electron chi connectivity index (χ1n) is 3.45. The summed E-state index contributed by atoms with van der Waals surface area (Å²) in [5.41, 5.74) is 0. The highest BCUT2D eigenvalue weighted by Gasteiger charge is 2.21. The summed E-state index contributed by atoms with van der Waals surface area (Å²) < 4.78 is 10.4. The zero-order chi connectivity index (χ0) is 6.69. The Labute approximate surface area is 56.2 Å². The molecule has 0 saturated carbocycles. The van der Waals surface area contributed by atoms with E-state index in [9.17, 15) is 0 Å². The minimum Gasteiger partial charge on any atom is -0.381 e. The van der Waals surface area contributed by atoms with Gasteiger partial charge in [-0.1, -0.05) is 0 Å². The van der Waals surface area contributed by atoms with Crippen molar-refractivity contribution in [1.82, 2.24) is 0 Å². The van der Waals surface area contributed by atoms with E-state index in [-0.39, 0.29) is 0 Å². The largest absolute Gasteiger partial charge is 0.381 e. The maximum absolute atomic E-state index is 5.20. The molecule has 0 aromatic heterocycles. The summed E-state index contributed by atoms with van der Waals surface area (Å²) in [5, 5.41) is 0. The zero-order valence-corrected chi connectivity index (χ0v) is 6.09. The van der Waals surface area contributed by atoms with Crippen LogP contribution in [-0.2, 0) is 9.47 Å². The number of methoxy groups -OCH3 is 1. The normalized spacial score (nSPS) is 30.7. The molecule has 2 atom stereocenters. The van der Waals surface area contributed by atoms with Crippen LogP contribution in [0.4, 0.5) is 0 Å². The van der Waals surface area contributed by atoms with Gasteiger partial charge in [-0.3, -0.25) is 0 Å². The number of rotatable bonds is 2. The van der Waals surface area contributed by atoms with Gasteiger partial charge in [0.05, 0.1) is 12.7 Å². The van der Waals surface area contributed by atoms with Gasteiger partial charge in [0, 0.05) is 19.6 Å². The van der Waals surface area contributed by atoms with Crippen LogP contribution in [0.2, 0.25) is 0 Å². The van der Waals surface area contributed by atoms with Crippen LogP contribution in [0.1, 0.15) is 13.3 Å². The van der Waals surface area contributed by atoms with Gasteiger partial charge >= 0.3 is 0 Å². The quantitative estimate of drug-likeness (QED) is 0.556. The first kappa shape index (κ1) is 7.03. The van der Waals surface area contributed by atoms with E-state index in [0.29, 0.717) is 12.0 Å². The molecule has 9 heavy (non-hydrogen) atoms. The Bertz CT molecular complexity index is 77.0. The lowest BCUT2D eigenvalue weighted by molar-refractivity contribution is 0.0589. The third-order valence-electron chi connectivity index (χ3n) is 2.00. The molecule has 0 radical (unpaired) electrons. The van der Waals surface area contributed by atoms with Crippen LogP contribution >= 0.6 is 0 Å². The van der Waals surface area contributed by atoms with Gasteiger partial charge in [0.15, 0.2) is 0 Å². The van der Waals surface area contributed by atoms with Crippen LogP contribution in [0.3, 0.4) is 0 Å². The molecule has 0 amide bonds. The Morgan fingerprint density at radius 3 is 2.89 bits per heavy atom. The second kappa shape index (κ2) is 3.18. The van der Waals surface area contributed by atoms with Gasteiger partial charge in [-0.25, -0.2) is 0 Å². The molecular formula is C7H14O2. The van der Waals surface area contributed by atoms with Crippen molar-refractivity contribution in [1.29, 1.82) is 0 Å². The minimum atomic E-state index is 0.368. The van der Waals surface area contributed by atoms with Crippen LogP contribution in [-0.4, -0.2) is 26.4 Å². The first-order valence-corrected chi connectivity index (χ1v) is 3.45. The third-order valence-corrected chi connectivity index (χ3v) is 2.00. The average molecular weight is 130 g/mol. The monoisotopic (exact) mass is 130 g/mol. The summed E-state index contributed by atoms with van der Waals surface area (Å²) in [6.07, 6.45) is 1.53. The van der Waals surface area contributed by atoms with Gasteiger partial charge in [-0.05, 0) is 13.3 Å². The van der Waals surface area contributed by atoms with E-state index in [1.807, 2.05) is 0 Å². The lowest BCUT2D eigenvalue weighted by atomic mass is 10.0. The van der Waals surface area contributed by atoms with Crippen LogP contribution < -0.4 is 0 Å². The Kier molecular flexibility index (Phi) is 2.49. The van der Waals surface area contributed by atoms with Crippen molar-refractivity contribution in [2.75, 3.05) is 20.3 Å². The van der Waals surface area contributed by atoms with E-state index >= 15 is 0 Å². The lowest BCUT2D eigenvalue weighted by Crippen LogP contribution is -2.18. The van der Waals surface area contributed by atoms with E-state index < -0.39 is 0 Å².